The molecular formula is C9H21N3O3S. The minimum absolute atomic E-state index is 0.148. The van der Waals surface area contributed by atoms with E-state index in [1.165, 1.54) is 4.31 Å². The molecule has 1 heterocycles. The molecule has 1 unspecified atom stereocenters. The highest BCUT2D eigenvalue weighted by Gasteiger charge is 2.25. The molecule has 2 N–H and O–H groups in total. The smallest absolute Gasteiger partial charge is 0.279 e. The van der Waals surface area contributed by atoms with Crippen LogP contribution in [-0.2, 0) is 14.9 Å². The fraction of sp³-hybridized carbons (Fsp3) is 1.00. The van der Waals surface area contributed by atoms with Gasteiger partial charge < -0.3 is 10.1 Å². The second-order valence-corrected chi connectivity index (χ2v) is 5.53. The van der Waals surface area contributed by atoms with Crippen molar-refractivity contribution in [2.24, 2.45) is 0 Å². The number of nitrogens with one attached hydrogen (secondary N) is 2. The maximum atomic E-state index is 12.0. The zero-order chi connectivity index (χ0) is 12.0. The highest BCUT2D eigenvalue weighted by Crippen LogP contribution is 2.03. The van der Waals surface area contributed by atoms with Gasteiger partial charge in [0.05, 0.1) is 6.61 Å². The monoisotopic (exact) mass is 251 g/mol. The van der Waals surface area contributed by atoms with Gasteiger partial charge in [-0.05, 0) is 6.42 Å². The Morgan fingerprint density at radius 3 is 2.56 bits per heavy atom. The molecule has 1 aliphatic heterocycles. The van der Waals surface area contributed by atoms with Crippen LogP contribution >= 0.6 is 0 Å². The van der Waals surface area contributed by atoms with E-state index in [0.717, 1.165) is 6.42 Å². The number of methoxy groups -OCH3 is 1. The average Bonchev–Trinajstić information content (AvgIpc) is 2.29. The van der Waals surface area contributed by atoms with Gasteiger partial charge in [-0.25, -0.2) is 0 Å². The van der Waals surface area contributed by atoms with Crippen LogP contribution in [0.4, 0.5) is 0 Å². The van der Waals surface area contributed by atoms with Gasteiger partial charge in [0.1, 0.15) is 0 Å². The summed E-state index contributed by atoms with van der Waals surface area (Å²) in [6, 6.07) is -0.148. The molecule has 0 radical (unpaired) electrons. The number of piperazine rings is 1. The third-order valence-corrected chi connectivity index (χ3v) is 4.27. The van der Waals surface area contributed by atoms with Crippen molar-refractivity contribution in [3.63, 3.8) is 0 Å². The normalized spacial score (nSPS) is 20.9. The molecule has 1 atom stereocenters. The summed E-state index contributed by atoms with van der Waals surface area (Å²) in [7, 11) is -1.78. The molecule has 0 aromatic rings. The van der Waals surface area contributed by atoms with E-state index in [4.69, 9.17) is 4.74 Å². The van der Waals surface area contributed by atoms with Crippen molar-refractivity contribution in [1.82, 2.24) is 14.3 Å². The Kier molecular flexibility index (Phi) is 5.63. The maximum absolute atomic E-state index is 12.0. The fourth-order valence-electron chi connectivity index (χ4n) is 1.61. The first kappa shape index (κ1) is 13.9. The molecule has 0 aromatic carbocycles. The number of hydrogen-bond acceptors (Lipinski definition) is 4. The van der Waals surface area contributed by atoms with Gasteiger partial charge in [0.15, 0.2) is 0 Å². The molecule has 0 aromatic heterocycles. The number of ether oxygens (including phenoxy) is 1. The summed E-state index contributed by atoms with van der Waals surface area (Å²) in [5.74, 6) is 0. The second kappa shape index (κ2) is 6.51. The van der Waals surface area contributed by atoms with E-state index in [0.29, 0.717) is 32.8 Å². The van der Waals surface area contributed by atoms with Crippen molar-refractivity contribution in [1.29, 1.82) is 0 Å². The standard InChI is InChI=1S/C9H21N3O3S/c1-3-9(8-15-2)11-16(13,14)12-6-4-10-5-7-12/h9-11H,3-8H2,1-2H3. The Balaban J connectivity index is 2.54. The highest BCUT2D eigenvalue weighted by atomic mass is 32.2. The molecule has 0 bridgehead atoms. The van der Waals surface area contributed by atoms with E-state index >= 15 is 0 Å². The van der Waals surface area contributed by atoms with Crippen LogP contribution in [0.15, 0.2) is 0 Å². The van der Waals surface area contributed by atoms with Crippen molar-refractivity contribution in [2.75, 3.05) is 39.9 Å². The Labute approximate surface area is 97.5 Å². The molecule has 0 saturated carbocycles. The molecule has 1 rings (SSSR count). The minimum Gasteiger partial charge on any atom is -0.383 e. The summed E-state index contributed by atoms with van der Waals surface area (Å²) in [5.41, 5.74) is 0. The second-order valence-electron chi connectivity index (χ2n) is 3.83. The molecule has 0 spiro atoms. The predicted octanol–water partition coefficient (Wildman–Crippen LogP) is -0.849. The van der Waals surface area contributed by atoms with Crippen LogP contribution in [-0.4, -0.2) is 58.7 Å². The van der Waals surface area contributed by atoms with E-state index < -0.39 is 10.2 Å². The van der Waals surface area contributed by atoms with Crippen molar-refractivity contribution in [3.8, 4) is 0 Å². The zero-order valence-corrected chi connectivity index (χ0v) is 10.7. The van der Waals surface area contributed by atoms with Gasteiger partial charge in [0.25, 0.3) is 10.2 Å². The minimum atomic E-state index is -3.35. The van der Waals surface area contributed by atoms with Gasteiger partial charge in [-0.1, -0.05) is 6.92 Å². The molecular weight excluding hydrogens is 230 g/mol. The van der Waals surface area contributed by atoms with Crippen LogP contribution in [0.2, 0.25) is 0 Å². The van der Waals surface area contributed by atoms with Crippen LogP contribution in [0.5, 0.6) is 0 Å². The third-order valence-electron chi connectivity index (χ3n) is 2.59. The van der Waals surface area contributed by atoms with E-state index in [1.54, 1.807) is 7.11 Å². The number of hydrogen-bond donors (Lipinski definition) is 2. The SMILES string of the molecule is CCC(COC)NS(=O)(=O)N1CCNCC1. The number of nitrogens with zero attached hydrogens (tertiary/aromatic N) is 1. The summed E-state index contributed by atoms with van der Waals surface area (Å²) < 4.78 is 33.0. The maximum Gasteiger partial charge on any atom is 0.279 e. The van der Waals surface area contributed by atoms with Gasteiger partial charge >= 0.3 is 0 Å². The lowest BCUT2D eigenvalue weighted by Gasteiger charge is -2.28. The summed E-state index contributed by atoms with van der Waals surface area (Å²) >= 11 is 0. The fourth-order valence-corrected chi connectivity index (χ4v) is 3.07. The molecule has 0 amide bonds. The van der Waals surface area contributed by atoms with Crippen molar-refractivity contribution in [2.45, 2.75) is 19.4 Å². The molecule has 7 heteroatoms. The van der Waals surface area contributed by atoms with Gasteiger partial charge in [-0.2, -0.15) is 17.4 Å². The topological polar surface area (TPSA) is 70.7 Å². The van der Waals surface area contributed by atoms with E-state index in [2.05, 4.69) is 10.0 Å². The quantitative estimate of drug-likeness (QED) is 0.645. The average molecular weight is 251 g/mol. The van der Waals surface area contributed by atoms with Crippen molar-refractivity contribution >= 4 is 10.2 Å². The first-order valence-electron chi connectivity index (χ1n) is 5.57. The van der Waals surface area contributed by atoms with Crippen molar-refractivity contribution in [3.05, 3.63) is 0 Å². The zero-order valence-electron chi connectivity index (χ0n) is 9.90. The summed E-state index contributed by atoms with van der Waals surface area (Å²) in [5, 5.41) is 3.12. The lowest BCUT2D eigenvalue weighted by atomic mass is 10.3. The van der Waals surface area contributed by atoms with E-state index in [-0.39, 0.29) is 6.04 Å². The van der Waals surface area contributed by atoms with Crippen LogP contribution in [0, 0.1) is 0 Å². The molecule has 0 aliphatic carbocycles. The first-order chi connectivity index (χ1) is 7.60. The van der Waals surface area contributed by atoms with Gasteiger partial charge in [-0.15, -0.1) is 0 Å². The summed E-state index contributed by atoms with van der Waals surface area (Å²) in [6.07, 6.45) is 0.721. The summed E-state index contributed by atoms with van der Waals surface area (Å²) in [4.78, 5) is 0. The Hall–Kier alpha value is -0.210. The van der Waals surface area contributed by atoms with Gasteiger partial charge in [-0.3, -0.25) is 0 Å². The Morgan fingerprint density at radius 1 is 1.44 bits per heavy atom. The molecule has 16 heavy (non-hydrogen) atoms. The molecule has 1 saturated heterocycles. The third kappa shape index (κ3) is 3.99. The van der Waals surface area contributed by atoms with Crippen LogP contribution in [0.25, 0.3) is 0 Å². The summed E-state index contributed by atoms with van der Waals surface area (Å²) in [6.45, 7) is 4.81. The van der Waals surface area contributed by atoms with E-state index in [1.807, 2.05) is 6.92 Å². The number of rotatable bonds is 6. The largest absolute Gasteiger partial charge is 0.383 e. The molecule has 96 valence electrons. The van der Waals surface area contributed by atoms with Crippen LogP contribution in [0.3, 0.4) is 0 Å². The lowest BCUT2D eigenvalue weighted by Crippen LogP contribution is -2.53. The molecule has 1 aliphatic rings. The lowest BCUT2D eigenvalue weighted by molar-refractivity contribution is 0.172. The highest BCUT2D eigenvalue weighted by molar-refractivity contribution is 7.87. The van der Waals surface area contributed by atoms with Gasteiger partial charge in [0, 0.05) is 39.3 Å². The Bertz CT molecular complexity index is 288. The first-order valence-corrected chi connectivity index (χ1v) is 7.01. The molecule has 6 nitrogen and oxygen atoms in total. The van der Waals surface area contributed by atoms with Crippen molar-refractivity contribution < 1.29 is 13.2 Å². The van der Waals surface area contributed by atoms with Crippen LogP contribution < -0.4 is 10.0 Å². The Morgan fingerprint density at radius 2 is 2.06 bits per heavy atom. The van der Waals surface area contributed by atoms with Crippen LogP contribution in [0.1, 0.15) is 13.3 Å². The van der Waals surface area contributed by atoms with Gasteiger partial charge in [0.2, 0.25) is 0 Å². The molecule has 1 fully saturated rings. The van der Waals surface area contributed by atoms with E-state index in [9.17, 15) is 8.42 Å². The predicted molar refractivity (Wildman–Crippen MR) is 62.5 cm³/mol.